The molecule has 29 heavy (non-hydrogen) atoms. The molecular weight excluding hydrogens is 406 g/mol. The molecule has 0 saturated carbocycles. The van der Waals surface area contributed by atoms with Crippen LogP contribution in [0.2, 0.25) is 5.02 Å². The minimum absolute atomic E-state index is 0.398. The van der Waals surface area contributed by atoms with E-state index in [1.54, 1.807) is 13.3 Å². The Bertz CT molecular complexity index is 959. The van der Waals surface area contributed by atoms with Gasteiger partial charge < -0.3 is 14.8 Å². The molecule has 0 spiro atoms. The van der Waals surface area contributed by atoms with Gasteiger partial charge in [0.1, 0.15) is 18.1 Å². The van der Waals surface area contributed by atoms with Crippen molar-refractivity contribution in [3.63, 3.8) is 0 Å². The topological polar surface area (TPSA) is 54.9 Å². The van der Waals surface area contributed by atoms with Gasteiger partial charge in [0.05, 0.1) is 13.3 Å². The molecule has 0 atom stereocenters. The lowest BCUT2D eigenvalue weighted by Gasteiger charge is -2.08. The van der Waals surface area contributed by atoms with Gasteiger partial charge in [0.2, 0.25) is 0 Å². The van der Waals surface area contributed by atoms with E-state index >= 15 is 0 Å². The average molecular weight is 426 g/mol. The molecule has 0 aromatic heterocycles. The predicted octanol–water partition coefficient (Wildman–Crippen LogP) is 5.25. The van der Waals surface area contributed by atoms with Crippen LogP contribution in [0.1, 0.15) is 11.1 Å². The molecule has 5 nitrogen and oxygen atoms in total. The van der Waals surface area contributed by atoms with Crippen molar-refractivity contribution in [2.75, 3.05) is 12.4 Å². The van der Waals surface area contributed by atoms with E-state index < -0.39 is 0 Å². The second-order valence-corrected chi connectivity index (χ2v) is 6.88. The molecule has 0 radical (unpaired) electrons. The van der Waals surface area contributed by atoms with Gasteiger partial charge in [-0.2, -0.15) is 5.10 Å². The Morgan fingerprint density at radius 2 is 1.62 bits per heavy atom. The quantitative estimate of drug-likeness (QED) is 0.307. The van der Waals surface area contributed by atoms with Gasteiger partial charge in [-0.05, 0) is 84.0 Å². The smallest absolute Gasteiger partial charge is 0.191 e. The van der Waals surface area contributed by atoms with Gasteiger partial charge in [0, 0.05) is 10.7 Å². The van der Waals surface area contributed by atoms with Crippen LogP contribution in [0, 0.1) is 0 Å². The first-order valence-corrected chi connectivity index (χ1v) is 9.62. The highest BCUT2D eigenvalue weighted by molar-refractivity contribution is 7.80. The maximum absolute atomic E-state index is 5.88. The summed E-state index contributed by atoms with van der Waals surface area (Å²) in [6.07, 6.45) is 1.69. The van der Waals surface area contributed by atoms with Crippen LogP contribution in [-0.4, -0.2) is 18.4 Å². The predicted molar refractivity (Wildman–Crippen MR) is 122 cm³/mol. The first kappa shape index (κ1) is 20.6. The highest BCUT2D eigenvalue weighted by Gasteiger charge is 1.99. The summed E-state index contributed by atoms with van der Waals surface area (Å²) in [6, 6.07) is 22.7. The van der Waals surface area contributed by atoms with E-state index in [0.717, 1.165) is 28.3 Å². The minimum atomic E-state index is 0.398. The lowest BCUT2D eigenvalue weighted by Crippen LogP contribution is -2.23. The largest absolute Gasteiger partial charge is 0.497 e. The fourth-order valence-corrected chi connectivity index (χ4v) is 2.69. The van der Waals surface area contributed by atoms with Crippen molar-refractivity contribution >= 4 is 40.8 Å². The van der Waals surface area contributed by atoms with E-state index in [2.05, 4.69) is 15.8 Å². The number of rotatable bonds is 7. The lowest BCUT2D eigenvalue weighted by molar-refractivity contribution is 0.306. The summed E-state index contributed by atoms with van der Waals surface area (Å²) in [7, 11) is 1.63. The Morgan fingerprint density at radius 3 is 2.28 bits per heavy atom. The molecule has 0 heterocycles. The van der Waals surface area contributed by atoms with Gasteiger partial charge >= 0.3 is 0 Å². The third-order valence-corrected chi connectivity index (χ3v) is 4.37. The second-order valence-electron chi connectivity index (χ2n) is 6.04. The van der Waals surface area contributed by atoms with Crippen LogP contribution in [0.4, 0.5) is 5.69 Å². The number of hydrogen-bond acceptors (Lipinski definition) is 4. The number of methoxy groups -OCH3 is 1. The molecule has 2 N–H and O–H groups in total. The van der Waals surface area contributed by atoms with Gasteiger partial charge in [0.25, 0.3) is 0 Å². The van der Waals surface area contributed by atoms with Crippen LogP contribution < -0.4 is 20.2 Å². The van der Waals surface area contributed by atoms with Gasteiger partial charge in [-0.1, -0.05) is 23.7 Å². The van der Waals surface area contributed by atoms with Crippen molar-refractivity contribution in [3.8, 4) is 11.5 Å². The van der Waals surface area contributed by atoms with Gasteiger partial charge in [-0.15, -0.1) is 0 Å². The van der Waals surface area contributed by atoms with Crippen molar-refractivity contribution in [2.24, 2.45) is 5.10 Å². The Labute approximate surface area is 180 Å². The first-order chi connectivity index (χ1) is 14.1. The molecule has 3 aromatic rings. The summed E-state index contributed by atoms with van der Waals surface area (Å²) in [5.74, 6) is 1.56. The number of halogens is 1. The van der Waals surface area contributed by atoms with E-state index in [-0.39, 0.29) is 0 Å². The molecule has 3 aromatic carbocycles. The van der Waals surface area contributed by atoms with Crippen molar-refractivity contribution in [1.82, 2.24) is 5.43 Å². The molecule has 0 aliphatic carbocycles. The Balaban J connectivity index is 1.45. The van der Waals surface area contributed by atoms with Crippen LogP contribution in [-0.2, 0) is 6.61 Å². The van der Waals surface area contributed by atoms with Crippen LogP contribution >= 0.6 is 23.8 Å². The van der Waals surface area contributed by atoms with Gasteiger partial charge in [0.15, 0.2) is 5.11 Å². The lowest BCUT2D eigenvalue weighted by atomic mass is 10.2. The zero-order valence-corrected chi connectivity index (χ0v) is 17.3. The Kier molecular flexibility index (Phi) is 7.44. The molecule has 0 aliphatic heterocycles. The van der Waals surface area contributed by atoms with Crippen molar-refractivity contribution < 1.29 is 9.47 Å². The second kappa shape index (κ2) is 10.5. The monoisotopic (exact) mass is 425 g/mol. The number of ether oxygens (including phenoxy) is 2. The molecule has 0 unspecified atom stereocenters. The average Bonchev–Trinajstić information content (AvgIpc) is 2.75. The maximum Gasteiger partial charge on any atom is 0.191 e. The van der Waals surface area contributed by atoms with Gasteiger partial charge in [-0.25, -0.2) is 0 Å². The maximum atomic E-state index is 5.88. The number of benzene rings is 3. The molecule has 0 amide bonds. The molecule has 0 aliphatic rings. The number of thiocarbonyl (C=S) groups is 1. The molecule has 3 rings (SSSR count). The van der Waals surface area contributed by atoms with Crippen LogP contribution in [0.3, 0.4) is 0 Å². The third-order valence-electron chi connectivity index (χ3n) is 3.93. The number of anilines is 1. The van der Waals surface area contributed by atoms with E-state index in [0.29, 0.717) is 16.7 Å². The number of hydrazone groups is 1. The summed E-state index contributed by atoms with van der Waals surface area (Å²) >= 11 is 11.1. The number of nitrogens with one attached hydrogen (secondary N) is 2. The Hall–Kier alpha value is -3.09. The normalized spacial score (nSPS) is 10.6. The number of hydrogen-bond donors (Lipinski definition) is 2. The highest BCUT2D eigenvalue weighted by Crippen LogP contribution is 2.16. The summed E-state index contributed by atoms with van der Waals surface area (Å²) in [6.45, 7) is 0.484. The van der Waals surface area contributed by atoms with Crippen LogP contribution in [0.15, 0.2) is 77.9 Å². The van der Waals surface area contributed by atoms with E-state index in [1.807, 2.05) is 72.8 Å². The van der Waals surface area contributed by atoms with Crippen LogP contribution in [0.25, 0.3) is 0 Å². The van der Waals surface area contributed by atoms with E-state index in [1.165, 1.54) is 0 Å². The molecule has 0 fully saturated rings. The zero-order valence-electron chi connectivity index (χ0n) is 15.8. The number of nitrogens with zero attached hydrogens (tertiary/aromatic N) is 1. The molecule has 0 bridgehead atoms. The highest BCUT2D eigenvalue weighted by atomic mass is 35.5. The zero-order chi connectivity index (χ0) is 20.5. The summed E-state index contributed by atoms with van der Waals surface area (Å²) in [5.41, 5.74) is 5.62. The molecular formula is C22H20ClN3O2S. The van der Waals surface area contributed by atoms with E-state index in [4.69, 9.17) is 33.3 Å². The van der Waals surface area contributed by atoms with Gasteiger partial charge in [-0.3, -0.25) is 5.43 Å². The van der Waals surface area contributed by atoms with Crippen molar-refractivity contribution in [1.29, 1.82) is 0 Å². The summed E-state index contributed by atoms with van der Waals surface area (Å²) in [4.78, 5) is 0. The SMILES string of the molecule is COc1ccc(NC(=S)NN=Cc2ccc(OCc3ccc(Cl)cc3)cc2)cc1. The minimum Gasteiger partial charge on any atom is -0.497 e. The third kappa shape index (κ3) is 6.78. The van der Waals surface area contributed by atoms with Crippen molar-refractivity contribution in [2.45, 2.75) is 6.61 Å². The fraction of sp³-hybridized carbons (Fsp3) is 0.0909. The molecule has 7 heteroatoms. The van der Waals surface area contributed by atoms with Crippen molar-refractivity contribution in [3.05, 3.63) is 88.9 Å². The summed E-state index contributed by atoms with van der Waals surface area (Å²) in [5, 5.41) is 8.30. The first-order valence-electron chi connectivity index (χ1n) is 8.84. The molecule has 148 valence electrons. The summed E-state index contributed by atoms with van der Waals surface area (Å²) < 4.78 is 10.9. The standard InChI is InChI=1S/C22H20ClN3O2S/c1-27-20-12-8-19(9-13-20)25-22(29)26-24-14-16-4-10-21(11-5-16)28-15-17-2-6-18(23)7-3-17/h2-14H,15H2,1H3,(H2,25,26,29). The molecule has 0 saturated heterocycles. The van der Waals surface area contributed by atoms with Crippen LogP contribution in [0.5, 0.6) is 11.5 Å². The fourth-order valence-electron chi connectivity index (χ4n) is 2.40. The Morgan fingerprint density at radius 1 is 0.966 bits per heavy atom. The van der Waals surface area contributed by atoms with E-state index in [9.17, 15) is 0 Å².